The van der Waals surface area contributed by atoms with Crippen molar-refractivity contribution in [2.75, 3.05) is 0 Å². The first kappa shape index (κ1) is 13.7. The summed E-state index contributed by atoms with van der Waals surface area (Å²) in [5.41, 5.74) is 1.86. The van der Waals surface area contributed by atoms with Crippen molar-refractivity contribution in [2.45, 2.75) is 0 Å². The van der Waals surface area contributed by atoms with Crippen molar-refractivity contribution in [3.63, 3.8) is 0 Å². The number of hydrogen-bond donors (Lipinski definition) is 0. The number of fused-ring (bicyclic) bond motifs is 1. The molecule has 0 saturated carbocycles. The van der Waals surface area contributed by atoms with Crippen molar-refractivity contribution in [2.24, 2.45) is 0 Å². The Kier molecular flexibility index (Phi) is 3.27. The van der Waals surface area contributed by atoms with Gasteiger partial charge in [0.2, 0.25) is 0 Å². The van der Waals surface area contributed by atoms with Crippen LogP contribution in [-0.4, -0.2) is 24.4 Å². The Morgan fingerprint density at radius 1 is 0.955 bits per heavy atom. The maximum absolute atomic E-state index is 11.6. The second-order valence-corrected chi connectivity index (χ2v) is 4.52. The molecular weight excluding hydrogens is 288 g/mol. The first-order chi connectivity index (χ1) is 10.6. The van der Waals surface area contributed by atoms with Crippen LogP contribution in [0.3, 0.4) is 0 Å². The molecule has 6 nitrogen and oxygen atoms in total. The number of ether oxygens (including phenoxy) is 2. The lowest BCUT2D eigenvalue weighted by atomic mass is 9.99. The van der Waals surface area contributed by atoms with E-state index in [9.17, 15) is 19.2 Å². The van der Waals surface area contributed by atoms with Crippen molar-refractivity contribution in [1.29, 1.82) is 0 Å². The number of carbonyl (C=O) groups is 4. The zero-order valence-corrected chi connectivity index (χ0v) is 11.1. The summed E-state index contributed by atoms with van der Waals surface area (Å²) in [5, 5.41) is 0. The van der Waals surface area contributed by atoms with Crippen LogP contribution in [0, 0.1) is 0 Å². The van der Waals surface area contributed by atoms with Crippen LogP contribution >= 0.6 is 0 Å². The third kappa shape index (κ3) is 2.26. The molecule has 0 atom stereocenters. The quantitative estimate of drug-likeness (QED) is 0.489. The van der Waals surface area contributed by atoms with Crippen molar-refractivity contribution in [3.8, 4) is 11.1 Å². The molecule has 2 aromatic carbocycles. The predicted molar refractivity (Wildman–Crippen MR) is 73.1 cm³/mol. The van der Waals surface area contributed by atoms with Crippen LogP contribution in [0.2, 0.25) is 0 Å². The lowest BCUT2D eigenvalue weighted by Crippen LogP contribution is -2.03. The summed E-state index contributed by atoms with van der Waals surface area (Å²) in [6.45, 7) is 0.0615. The number of cyclic esters (lactones) is 2. The molecule has 22 heavy (non-hydrogen) atoms. The maximum atomic E-state index is 11.6. The Bertz CT molecular complexity index is 821. The van der Waals surface area contributed by atoms with E-state index in [4.69, 9.17) is 0 Å². The topological polar surface area (TPSA) is 86.7 Å². The fourth-order valence-corrected chi connectivity index (χ4v) is 2.20. The van der Waals surface area contributed by atoms with E-state index in [1.165, 1.54) is 24.3 Å². The van der Waals surface area contributed by atoms with E-state index in [0.29, 0.717) is 11.1 Å². The van der Waals surface area contributed by atoms with Crippen LogP contribution in [0.5, 0.6) is 0 Å². The number of hydrogen-bond acceptors (Lipinski definition) is 6. The smallest absolute Gasteiger partial charge is 0.346 e. The summed E-state index contributed by atoms with van der Waals surface area (Å²) in [5.74, 6) is -2.14. The van der Waals surface area contributed by atoms with Gasteiger partial charge in [-0.1, -0.05) is 18.2 Å². The molecule has 3 rings (SSSR count). The predicted octanol–water partition coefficient (Wildman–Crippen LogP) is 1.98. The highest BCUT2D eigenvalue weighted by Gasteiger charge is 2.29. The summed E-state index contributed by atoms with van der Waals surface area (Å²) in [6, 6.07) is 11.0. The van der Waals surface area contributed by atoms with Gasteiger partial charge in [0.25, 0.3) is 0 Å². The van der Waals surface area contributed by atoms with Gasteiger partial charge >= 0.3 is 24.4 Å². The minimum Gasteiger partial charge on any atom is -0.392 e. The lowest BCUT2D eigenvalue weighted by molar-refractivity contribution is -0.123. The second kappa shape index (κ2) is 5.25. The molecule has 0 amide bonds. The molecule has 2 aromatic rings. The molecule has 0 bridgehead atoms. The van der Waals surface area contributed by atoms with Gasteiger partial charge in [0.1, 0.15) is 0 Å². The Hall–Kier alpha value is -3.28. The van der Waals surface area contributed by atoms with Crippen molar-refractivity contribution in [3.05, 3.63) is 59.2 Å². The van der Waals surface area contributed by atoms with E-state index in [0.717, 1.165) is 0 Å². The van der Waals surface area contributed by atoms with E-state index < -0.39 is 17.9 Å². The van der Waals surface area contributed by atoms with Gasteiger partial charge in [0, 0.05) is 0 Å². The van der Waals surface area contributed by atoms with Crippen LogP contribution < -0.4 is 0 Å². The van der Waals surface area contributed by atoms with Crippen LogP contribution in [0.25, 0.3) is 11.1 Å². The number of carbonyl (C=O) groups excluding carboxylic acids is 4. The Balaban J connectivity index is 2.02. The number of esters is 3. The molecular formula is C16H8O6. The Morgan fingerprint density at radius 3 is 2.45 bits per heavy atom. The number of benzene rings is 2. The van der Waals surface area contributed by atoms with E-state index in [1.54, 1.807) is 18.2 Å². The van der Waals surface area contributed by atoms with Gasteiger partial charge in [-0.15, -0.1) is 0 Å². The van der Waals surface area contributed by atoms with Crippen LogP contribution in [0.4, 0.5) is 0 Å². The first-order valence-electron chi connectivity index (χ1n) is 6.26. The molecule has 108 valence electrons. The monoisotopic (exact) mass is 296 g/mol. The van der Waals surface area contributed by atoms with E-state index in [1.807, 2.05) is 0 Å². The fourth-order valence-electron chi connectivity index (χ4n) is 2.20. The van der Waals surface area contributed by atoms with Crippen molar-refractivity contribution in [1.82, 2.24) is 0 Å². The summed E-state index contributed by atoms with van der Waals surface area (Å²) < 4.78 is 8.81. The largest absolute Gasteiger partial charge is 0.392 e. The highest BCUT2D eigenvalue weighted by atomic mass is 16.6. The standard InChI is InChI=1S/C16H8O6/c17-8-21-14(18)11-3-1-2-9(6-11)10-4-5-12-13(7-10)16(20)22-15(12)19/h1-8H. The Labute approximate surface area is 124 Å². The van der Waals surface area contributed by atoms with Gasteiger partial charge in [-0.05, 0) is 35.4 Å². The van der Waals surface area contributed by atoms with Gasteiger partial charge in [0.15, 0.2) is 0 Å². The van der Waals surface area contributed by atoms with E-state index in [2.05, 4.69) is 9.47 Å². The zero-order chi connectivity index (χ0) is 15.7. The molecule has 0 unspecified atom stereocenters. The normalized spacial score (nSPS) is 12.5. The highest BCUT2D eigenvalue weighted by molar-refractivity contribution is 6.15. The molecule has 0 saturated heterocycles. The molecule has 1 aliphatic heterocycles. The summed E-state index contributed by atoms with van der Waals surface area (Å²) in [4.78, 5) is 44.7. The van der Waals surface area contributed by atoms with Crippen LogP contribution in [-0.2, 0) is 14.3 Å². The van der Waals surface area contributed by atoms with Crippen LogP contribution in [0.15, 0.2) is 42.5 Å². The molecule has 0 N–H and O–H groups in total. The third-order valence-corrected chi connectivity index (χ3v) is 3.23. The van der Waals surface area contributed by atoms with Crippen molar-refractivity contribution >= 4 is 24.4 Å². The molecule has 0 aromatic heterocycles. The average molecular weight is 296 g/mol. The fraction of sp³-hybridized carbons (Fsp3) is 0. The summed E-state index contributed by atoms with van der Waals surface area (Å²) in [7, 11) is 0. The van der Waals surface area contributed by atoms with Gasteiger partial charge in [-0.3, -0.25) is 4.79 Å². The van der Waals surface area contributed by atoms with Gasteiger partial charge in [-0.2, -0.15) is 0 Å². The average Bonchev–Trinajstić information content (AvgIpc) is 2.82. The highest BCUT2D eigenvalue weighted by Crippen LogP contribution is 2.27. The second-order valence-electron chi connectivity index (χ2n) is 4.52. The number of rotatable bonds is 3. The minimum absolute atomic E-state index is 0.0615. The van der Waals surface area contributed by atoms with E-state index >= 15 is 0 Å². The minimum atomic E-state index is -0.771. The first-order valence-corrected chi connectivity index (χ1v) is 6.26. The molecule has 0 aliphatic carbocycles. The molecule has 1 heterocycles. The summed E-state index contributed by atoms with van der Waals surface area (Å²) >= 11 is 0. The zero-order valence-electron chi connectivity index (χ0n) is 11.1. The molecule has 0 fully saturated rings. The summed E-state index contributed by atoms with van der Waals surface area (Å²) in [6.07, 6.45) is 0. The van der Waals surface area contributed by atoms with Gasteiger partial charge in [-0.25, -0.2) is 14.4 Å². The lowest BCUT2D eigenvalue weighted by Gasteiger charge is -2.05. The SMILES string of the molecule is O=COC(=O)c1cccc(-c2ccc3c(c2)C(=O)OC3=O)c1. The molecule has 0 spiro atoms. The van der Waals surface area contributed by atoms with Crippen molar-refractivity contribution < 1.29 is 28.7 Å². The molecule has 0 radical (unpaired) electrons. The van der Waals surface area contributed by atoms with Crippen LogP contribution in [0.1, 0.15) is 31.1 Å². The third-order valence-electron chi connectivity index (χ3n) is 3.23. The Morgan fingerprint density at radius 2 is 1.68 bits per heavy atom. The molecule has 1 aliphatic rings. The van der Waals surface area contributed by atoms with Gasteiger partial charge < -0.3 is 9.47 Å². The van der Waals surface area contributed by atoms with E-state index in [-0.39, 0.29) is 23.2 Å². The maximum Gasteiger partial charge on any atom is 0.346 e. The molecule has 6 heteroatoms. The van der Waals surface area contributed by atoms with Gasteiger partial charge in [0.05, 0.1) is 16.7 Å².